The van der Waals surface area contributed by atoms with E-state index >= 15 is 0 Å². The van der Waals surface area contributed by atoms with Crippen LogP contribution in [-0.4, -0.2) is 46.4 Å². The lowest BCUT2D eigenvalue weighted by Gasteiger charge is -2.10. The van der Waals surface area contributed by atoms with Crippen molar-refractivity contribution in [2.24, 2.45) is 0 Å². The van der Waals surface area contributed by atoms with E-state index in [2.05, 4.69) is 14.2 Å². The van der Waals surface area contributed by atoms with Crippen LogP contribution >= 0.6 is 0 Å². The number of hydrogen-bond donors (Lipinski definition) is 1. The zero-order valence-electron chi connectivity index (χ0n) is 7.50. The first-order valence-corrected chi connectivity index (χ1v) is 3.07. The van der Waals surface area contributed by atoms with Crippen molar-refractivity contribution in [1.29, 1.82) is 0 Å². The van der Waals surface area contributed by atoms with E-state index in [1.54, 1.807) is 0 Å². The Morgan fingerprint density at radius 1 is 0.818 bits per heavy atom. The molecular formula is C6H18N2O3. The Morgan fingerprint density at radius 2 is 1.00 bits per heavy atom. The van der Waals surface area contributed by atoms with Crippen molar-refractivity contribution in [2.45, 2.75) is 0 Å². The average molecular weight is 166 g/mol. The van der Waals surface area contributed by atoms with E-state index in [-0.39, 0.29) is 6.15 Å². The molecule has 0 spiro atoms. The molecule has 3 N–H and O–H groups in total. The molecule has 5 nitrogen and oxygen atoms in total. The van der Waals surface area contributed by atoms with Gasteiger partial charge in [-0.05, 0) is 21.1 Å². The van der Waals surface area contributed by atoms with E-state index in [0.29, 0.717) is 20.4 Å². The van der Waals surface area contributed by atoms with Crippen LogP contribution in [0.15, 0.2) is 0 Å². The van der Waals surface area contributed by atoms with Crippen LogP contribution in [0.4, 0.5) is 0 Å². The fourth-order valence-electron chi connectivity index (χ4n) is 0.279. The number of ether oxygens (including phenoxy) is 3. The molecule has 1 aliphatic heterocycles. The van der Waals surface area contributed by atoms with Gasteiger partial charge in [-0.15, -0.1) is 0 Å². The Hall–Kier alpha value is -0.200. The number of nitrogens with zero attached hydrogens (tertiary/aromatic N) is 1. The van der Waals surface area contributed by atoms with Crippen LogP contribution in [0.3, 0.4) is 0 Å². The van der Waals surface area contributed by atoms with Gasteiger partial charge in [0.2, 0.25) is 0 Å². The van der Waals surface area contributed by atoms with E-state index in [0.717, 1.165) is 0 Å². The zero-order chi connectivity index (χ0) is 7.82. The maximum absolute atomic E-state index is 4.62. The van der Waals surface area contributed by atoms with Gasteiger partial charge in [0.05, 0.1) is 0 Å². The highest BCUT2D eigenvalue weighted by molar-refractivity contribution is 4.09. The summed E-state index contributed by atoms with van der Waals surface area (Å²) < 4.78 is 13.9. The summed E-state index contributed by atoms with van der Waals surface area (Å²) in [6.45, 7) is 1.12. The van der Waals surface area contributed by atoms with Gasteiger partial charge in [0.15, 0.2) is 20.4 Å². The minimum atomic E-state index is 0. The molecule has 0 unspecified atom stereocenters. The molecule has 0 aromatic rings. The highest BCUT2D eigenvalue weighted by Gasteiger charge is 1.93. The summed E-state index contributed by atoms with van der Waals surface area (Å²) in [7, 11) is 6.00. The summed E-state index contributed by atoms with van der Waals surface area (Å²) in [5.74, 6) is 0. The summed E-state index contributed by atoms with van der Waals surface area (Å²) >= 11 is 0. The molecule has 70 valence electrons. The minimum Gasteiger partial charge on any atom is -0.344 e. The van der Waals surface area contributed by atoms with Crippen LogP contribution in [0.2, 0.25) is 0 Å². The normalized spacial score (nSPS) is 16.4. The van der Waals surface area contributed by atoms with Crippen LogP contribution in [-0.2, 0) is 14.2 Å². The summed E-state index contributed by atoms with van der Waals surface area (Å²) in [6, 6.07) is 0. The summed E-state index contributed by atoms with van der Waals surface area (Å²) in [5.41, 5.74) is 0. The molecule has 1 saturated heterocycles. The fraction of sp³-hybridized carbons (Fsp3) is 1.00. The molecular weight excluding hydrogens is 148 g/mol. The van der Waals surface area contributed by atoms with Crippen LogP contribution in [0.25, 0.3) is 0 Å². The molecule has 0 amide bonds. The van der Waals surface area contributed by atoms with Gasteiger partial charge in [0.1, 0.15) is 0 Å². The molecule has 0 aromatic heterocycles. The van der Waals surface area contributed by atoms with E-state index in [1.807, 2.05) is 26.0 Å². The second-order valence-corrected chi connectivity index (χ2v) is 2.31. The molecule has 0 radical (unpaired) electrons. The van der Waals surface area contributed by atoms with E-state index in [4.69, 9.17) is 0 Å². The third-order valence-corrected chi connectivity index (χ3v) is 0.500. The SMILES string of the molecule is C1OCOCO1.CN(C)C.N. The predicted octanol–water partition coefficient (Wildman–Crippen LogP) is 0.262. The molecule has 5 heteroatoms. The number of hydrogen-bond acceptors (Lipinski definition) is 5. The maximum atomic E-state index is 4.62. The quantitative estimate of drug-likeness (QED) is 0.559. The lowest BCUT2D eigenvalue weighted by Crippen LogP contribution is -2.14. The van der Waals surface area contributed by atoms with Crippen LogP contribution < -0.4 is 6.15 Å². The molecule has 1 rings (SSSR count). The summed E-state index contributed by atoms with van der Waals surface area (Å²) in [5, 5.41) is 0. The first kappa shape index (κ1) is 13.4. The molecule has 0 bridgehead atoms. The largest absolute Gasteiger partial charge is 0.344 e. The smallest absolute Gasteiger partial charge is 0.152 e. The summed E-state index contributed by atoms with van der Waals surface area (Å²) in [6.07, 6.45) is 0. The highest BCUT2D eigenvalue weighted by atomic mass is 16.8. The minimum absolute atomic E-state index is 0. The van der Waals surface area contributed by atoms with Crippen molar-refractivity contribution in [2.75, 3.05) is 41.5 Å². The maximum Gasteiger partial charge on any atom is 0.152 e. The van der Waals surface area contributed by atoms with Gasteiger partial charge in [-0.2, -0.15) is 0 Å². The van der Waals surface area contributed by atoms with Crippen molar-refractivity contribution in [1.82, 2.24) is 11.1 Å². The zero-order valence-corrected chi connectivity index (χ0v) is 7.50. The fourth-order valence-corrected chi connectivity index (χ4v) is 0.279. The lowest BCUT2D eigenvalue weighted by atomic mass is 11.0. The Labute approximate surface area is 67.8 Å². The monoisotopic (exact) mass is 166 g/mol. The van der Waals surface area contributed by atoms with Gasteiger partial charge in [-0.1, -0.05) is 0 Å². The van der Waals surface area contributed by atoms with Crippen molar-refractivity contribution >= 4 is 0 Å². The molecule has 0 aromatic carbocycles. The van der Waals surface area contributed by atoms with E-state index < -0.39 is 0 Å². The first-order chi connectivity index (χ1) is 4.73. The Kier molecular flexibility index (Phi) is 11.9. The second-order valence-electron chi connectivity index (χ2n) is 2.31. The predicted molar refractivity (Wildman–Crippen MR) is 42.5 cm³/mol. The van der Waals surface area contributed by atoms with Crippen molar-refractivity contribution in [3.8, 4) is 0 Å². The standard InChI is InChI=1S/C3H9N.C3H6O3.H3N/c1-4(2)3;1-4-2-6-3-5-1;/h1-3H3;1-3H2;1H3. The second kappa shape index (κ2) is 9.80. The Balaban J connectivity index is 0. The van der Waals surface area contributed by atoms with Crippen LogP contribution in [0, 0.1) is 0 Å². The number of rotatable bonds is 0. The van der Waals surface area contributed by atoms with Crippen molar-refractivity contribution in [3.63, 3.8) is 0 Å². The average Bonchev–Trinajstić information content (AvgIpc) is 1.90. The van der Waals surface area contributed by atoms with Crippen molar-refractivity contribution < 1.29 is 14.2 Å². The third kappa shape index (κ3) is 17.7. The van der Waals surface area contributed by atoms with Gasteiger partial charge in [0, 0.05) is 0 Å². The molecule has 0 aliphatic carbocycles. The Bertz CT molecular complexity index is 52.6. The van der Waals surface area contributed by atoms with Crippen molar-refractivity contribution in [3.05, 3.63) is 0 Å². The van der Waals surface area contributed by atoms with Gasteiger partial charge in [-0.25, -0.2) is 0 Å². The highest BCUT2D eigenvalue weighted by Crippen LogP contribution is 1.87. The van der Waals surface area contributed by atoms with E-state index in [9.17, 15) is 0 Å². The van der Waals surface area contributed by atoms with Gasteiger partial charge in [-0.3, -0.25) is 0 Å². The Morgan fingerprint density at radius 3 is 1.09 bits per heavy atom. The molecule has 11 heavy (non-hydrogen) atoms. The molecule has 0 atom stereocenters. The van der Waals surface area contributed by atoms with E-state index in [1.165, 1.54) is 0 Å². The van der Waals surface area contributed by atoms with Gasteiger partial charge in [0.25, 0.3) is 0 Å². The lowest BCUT2D eigenvalue weighted by molar-refractivity contribution is -0.247. The first-order valence-electron chi connectivity index (χ1n) is 3.07. The van der Waals surface area contributed by atoms with Crippen LogP contribution in [0.1, 0.15) is 0 Å². The van der Waals surface area contributed by atoms with Gasteiger partial charge < -0.3 is 25.3 Å². The molecule has 1 fully saturated rings. The summed E-state index contributed by atoms with van der Waals surface area (Å²) in [4.78, 5) is 2.00. The molecule has 0 saturated carbocycles. The molecule has 1 heterocycles. The third-order valence-electron chi connectivity index (χ3n) is 0.500. The van der Waals surface area contributed by atoms with Gasteiger partial charge >= 0.3 is 0 Å². The molecule has 1 aliphatic rings. The topological polar surface area (TPSA) is 65.9 Å². The van der Waals surface area contributed by atoms with Crippen LogP contribution in [0.5, 0.6) is 0 Å².